The van der Waals surface area contributed by atoms with E-state index >= 15 is 0 Å². The van der Waals surface area contributed by atoms with Gasteiger partial charge < -0.3 is 14.6 Å². The second kappa shape index (κ2) is 6.59. The van der Waals surface area contributed by atoms with Gasteiger partial charge in [0.05, 0.1) is 24.1 Å². The van der Waals surface area contributed by atoms with Gasteiger partial charge in [-0.15, -0.1) is 0 Å². The van der Waals surface area contributed by atoms with Crippen molar-refractivity contribution < 1.29 is 14.6 Å². The molecule has 0 saturated carbocycles. The van der Waals surface area contributed by atoms with E-state index in [1.54, 1.807) is 0 Å². The second-order valence-electron chi connectivity index (χ2n) is 7.54. The van der Waals surface area contributed by atoms with Crippen molar-refractivity contribution in [2.75, 3.05) is 6.61 Å². The number of hydrogen-bond donors (Lipinski definition) is 1. The molecule has 3 aliphatic rings. The fourth-order valence-corrected chi connectivity index (χ4v) is 4.46. The van der Waals surface area contributed by atoms with Crippen LogP contribution in [0.5, 0.6) is 11.5 Å². The summed E-state index contributed by atoms with van der Waals surface area (Å²) in [6.07, 6.45) is 5.04. The quantitative estimate of drug-likeness (QED) is 0.823. The third kappa shape index (κ3) is 2.73. The number of benzene rings is 2. The van der Waals surface area contributed by atoms with Crippen LogP contribution in [0, 0.1) is 0 Å². The van der Waals surface area contributed by atoms with E-state index in [1.165, 1.54) is 0 Å². The molecule has 0 amide bonds. The molecule has 1 N–H and O–H groups in total. The van der Waals surface area contributed by atoms with Crippen molar-refractivity contribution in [3.63, 3.8) is 0 Å². The molecule has 2 aromatic rings. The zero-order valence-electron chi connectivity index (χ0n) is 16.0. The van der Waals surface area contributed by atoms with Gasteiger partial charge in [0.15, 0.2) is 0 Å². The Morgan fingerprint density at radius 1 is 1.21 bits per heavy atom. The monoisotopic (exact) mass is 376 g/mol. The van der Waals surface area contributed by atoms with Crippen LogP contribution < -0.4 is 9.47 Å². The summed E-state index contributed by atoms with van der Waals surface area (Å²) >= 11 is 0. The second-order valence-corrected chi connectivity index (χ2v) is 7.54. The van der Waals surface area contributed by atoms with Gasteiger partial charge in [0, 0.05) is 30.9 Å². The first-order chi connectivity index (χ1) is 13.7. The summed E-state index contributed by atoms with van der Waals surface area (Å²) < 4.78 is 12.0. The van der Waals surface area contributed by atoms with Gasteiger partial charge >= 0.3 is 0 Å². The van der Waals surface area contributed by atoms with Crippen molar-refractivity contribution in [2.24, 2.45) is 5.10 Å². The summed E-state index contributed by atoms with van der Waals surface area (Å²) in [6.45, 7) is 2.64. The maximum atomic E-state index is 10.3. The molecule has 5 rings (SSSR count). The Morgan fingerprint density at radius 2 is 2.04 bits per heavy atom. The van der Waals surface area contributed by atoms with Crippen LogP contribution in [0.15, 0.2) is 65.5 Å². The van der Waals surface area contributed by atoms with Crippen LogP contribution in [0.3, 0.4) is 0 Å². The fraction of sp³-hybridized carbons (Fsp3) is 0.348. The molecule has 0 radical (unpaired) electrons. The Hall–Kier alpha value is -2.95. The predicted molar refractivity (Wildman–Crippen MR) is 108 cm³/mol. The van der Waals surface area contributed by atoms with Gasteiger partial charge in [-0.1, -0.05) is 18.2 Å². The van der Waals surface area contributed by atoms with Crippen LogP contribution in [0.2, 0.25) is 0 Å². The highest BCUT2D eigenvalue weighted by atomic mass is 16.5. The lowest BCUT2D eigenvalue weighted by Gasteiger charge is -2.47. The first kappa shape index (κ1) is 17.2. The molecule has 2 aromatic carbocycles. The number of allylic oxidation sites excluding steroid dienone is 1. The lowest BCUT2D eigenvalue weighted by atomic mass is 9.90. The lowest BCUT2D eigenvalue weighted by molar-refractivity contribution is -0.0944. The van der Waals surface area contributed by atoms with Crippen LogP contribution in [-0.4, -0.2) is 28.2 Å². The summed E-state index contributed by atoms with van der Waals surface area (Å²) in [5, 5.41) is 17.3. The van der Waals surface area contributed by atoms with Crippen LogP contribution in [0.1, 0.15) is 49.8 Å². The van der Waals surface area contributed by atoms with E-state index in [2.05, 4.69) is 23.2 Å². The number of aliphatic hydroxyl groups is 1. The third-order valence-corrected chi connectivity index (χ3v) is 5.72. The number of rotatable bonds is 3. The Balaban J connectivity index is 1.56. The first-order valence-corrected chi connectivity index (χ1v) is 9.97. The molecule has 0 unspecified atom stereocenters. The summed E-state index contributed by atoms with van der Waals surface area (Å²) in [7, 11) is 0. The molecule has 0 saturated heterocycles. The molecule has 0 fully saturated rings. The lowest BCUT2D eigenvalue weighted by Crippen LogP contribution is -2.53. The van der Waals surface area contributed by atoms with Crippen LogP contribution >= 0.6 is 0 Å². The van der Waals surface area contributed by atoms with Gasteiger partial charge in [0.25, 0.3) is 0 Å². The van der Waals surface area contributed by atoms with Crippen molar-refractivity contribution in [2.45, 2.75) is 44.4 Å². The molecule has 5 nitrogen and oxygen atoms in total. The number of fused-ring (bicyclic) bond motifs is 4. The summed E-state index contributed by atoms with van der Waals surface area (Å²) in [4.78, 5) is 0. The number of ether oxygens (including phenoxy) is 2. The van der Waals surface area contributed by atoms with Gasteiger partial charge in [-0.05, 0) is 49.2 Å². The molecule has 1 spiro atoms. The van der Waals surface area contributed by atoms with E-state index < -0.39 is 5.72 Å². The Kier molecular flexibility index (Phi) is 4.04. The largest absolute Gasteiger partial charge is 0.512 e. The van der Waals surface area contributed by atoms with Crippen molar-refractivity contribution >= 4 is 5.71 Å². The molecule has 5 heteroatoms. The van der Waals surface area contributed by atoms with E-state index in [4.69, 9.17) is 14.6 Å². The minimum atomic E-state index is -0.714. The highest BCUT2D eigenvalue weighted by Gasteiger charge is 2.50. The Morgan fingerprint density at radius 3 is 2.82 bits per heavy atom. The minimum Gasteiger partial charge on any atom is -0.512 e. The standard InChI is InChI=1S/C23H24N2O3/c1-2-27-18-11-9-16(10-12-18)20-14-21-19-7-3-4-8-22(19)28-23(25(21)24-20)13-5-6-17(26)15-23/h3-4,7-12,15,21,26H,2,5-6,13-14H2,1H3/t21-,23+/m0/s1. The van der Waals surface area contributed by atoms with Gasteiger partial charge in [-0.25, -0.2) is 5.01 Å². The molecule has 1 aliphatic carbocycles. The zero-order valence-corrected chi connectivity index (χ0v) is 16.0. The van der Waals surface area contributed by atoms with Crippen molar-refractivity contribution in [1.82, 2.24) is 5.01 Å². The normalized spacial score (nSPS) is 25.5. The minimum absolute atomic E-state index is 0.105. The third-order valence-electron chi connectivity index (χ3n) is 5.72. The average molecular weight is 376 g/mol. The Labute approximate surface area is 164 Å². The average Bonchev–Trinajstić information content (AvgIpc) is 3.16. The maximum Gasteiger partial charge on any atom is 0.220 e. The van der Waals surface area contributed by atoms with Crippen LogP contribution in [0.25, 0.3) is 0 Å². The number of hydrogen-bond acceptors (Lipinski definition) is 5. The van der Waals surface area contributed by atoms with E-state index in [-0.39, 0.29) is 6.04 Å². The number of nitrogens with zero attached hydrogens (tertiary/aromatic N) is 2. The van der Waals surface area contributed by atoms with Gasteiger partial charge in [-0.3, -0.25) is 0 Å². The van der Waals surface area contributed by atoms with E-state index in [9.17, 15) is 5.11 Å². The van der Waals surface area contributed by atoms with Crippen molar-refractivity contribution in [3.8, 4) is 11.5 Å². The molecule has 28 heavy (non-hydrogen) atoms. The SMILES string of the molecule is CCOc1ccc(C2=NN3[C@@H](C2)c2ccccc2O[C@]32C=C(O)CCC2)cc1. The Bertz CT molecular complexity index is 951. The maximum absolute atomic E-state index is 10.3. The first-order valence-electron chi connectivity index (χ1n) is 9.97. The van der Waals surface area contributed by atoms with Gasteiger partial charge in [-0.2, -0.15) is 5.10 Å². The molecule has 2 atom stereocenters. The van der Waals surface area contributed by atoms with E-state index in [0.29, 0.717) is 18.8 Å². The molecule has 2 heterocycles. The van der Waals surface area contributed by atoms with E-state index in [0.717, 1.165) is 47.6 Å². The summed E-state index contributed by atoms with van der Waals surface area (Å²) in [6, 6.07) is 16.4. The molecule has 144 valence electrons. The molecule has 0 bridgehead atoms. The van der Waals surface area contributed by atoms with Crippen LogP contribution in [-0.2, 0) is 0 Å². The molecule has 2 aliphatic heterocycles. The fourth-order valence-electron chi connectivity index (χ4n) is 4.46. The highest BCUT2D eigenvalue weighted by Crippen LogP contribution is 2.50. The van der Waals surface area contributed by atoms with Gasteiger partial charge in [0.1, 0.15) is 11.5 Å². The smallest absolute Gasteiger partial charge is 0.220 e. The highest BCUT2D eigenvalue weighted by molar-refractivity contribution is 6.02. The summed E-state index contributed by atoms with van der Waals surface area (Å²) in [5.74, 6) is 2.14. The van der Waals surface area contributed by atoms with Crippen LogP contribution in [0.4, 0.5) is 0 Å². The number of para-hydroxylation sites is 1. The molecule has 0 aromatic heterocycles. The van der Waals surface area contributed by atoms with Crippen molar-refractivity contribution in [3.05, 3.63) is 71.5 Å². The predicted octanol–water partition coefficient (Wildman–Crippen LogP) is 4.95. The number of hydrazone groups is 1. The number of aliphatic hydroxyl groups excluding tert-OH is 1. The molecular weight excluding hydrogens is 352 g/mol. The van der Waals surface area contributed by atoms with E-state index in [1.807, 2.05) is 43.3 Å². The van der Waals surface area contributed by atoms with Crippen molar-refractivity contribution in [1.29, 1.82) is 0 Å². The molecular formula is C23H24N2O3. The summed E-state index contributed by atoms with van der Waals surface area (Å²) in [5.41, 5.74) is 2.56. The topological polar surface area (TPSA) is 54.3 Å². The van der Waals surface area contributed by atoms with Gasteiger partial charge in [0.2, 0.25) is 5.72 Å². The zero-order chi connectivity index (χ0) is 19.1.